The van der Waals surface area contributed by atoms with Crippen LogP contribution in [-0.2, 0) is 0 Å². The molecule has 0 aliphatic rings. The fraction of sp³-hybridized carbons (Fsp3) is 0. The van der Waals surface area contributed by atoms with Crippen LogP contribution in [0.15, 0.2) is 60.7 Å². The molecule has 0 spiro atoms. The fourth-order valence-corrected chi connectivity index (χ4v) is 1.21. The van der Waals surface area contributed by atoms with Crippen molar-refractivity contribution >= 4 is 11.4 Å². The van der Waals surface area contributed by atoms with Gasteiger partial charge in [-0.2, -0.15) is 0 Å². The minimum atomic E-state index is 1.12. The number of nitrogens with two attached hydrogens (primary N) is 2. The van der Waals surface area contributed by atoms with Crippen molar-refractivity contribution in [2.24, 2.45) is 11.7 Å². The van der Waals surface area contributed by atoms with Gasteiger partial charge in [-0.3, -0.25) is 11.7 Å². The van der Waals surface area contributed by atoms with Gasteiger partial charge < -0.3 is 5.32 Å². The van der Waals surface area contributed by atoms with Crippen LogP contribution in [0.1, 0.15) is 0 Å². The van der Waals surface area contributed by atoms with Gasteiger partial charge in [-0.05, 0) is 24.3 Å². The number of hydrazine groups is 1. The Bertz CT molecular complexity index is 322. The Morgan fingerprint density at radius 3 is 1.27 bits per heavy atom. The summed E-state index contributed by atoms with van der Waals surface area (Å²) >= 11 is 0. The maximum Gasteiger partial charge on any atom is 0.0384 e. The molecule has 3 nitrogen and oxygen atoms in total. The van der Waals surface area contributed by atoms with Crippen LogP contribution in [0.3, 0.4) is 0 Å². The lowest BCUT2D eigenvalue weighted by molar-refractivity contribution is 1.26. The van der Waals surface area contributed by atoms with Gasteiger partial charge in [0.05, 0.1) is 0 Å². The predicted molar refractivity (Wildman–Crippen MR) is 64.5 cm³/mol. The molecule has 0 atom stereocenters. The van der Waals surface area contributed by atoms with Crippen LogP contribution in [-0.4, -0.2) is 0 Å². The molecule has 2 aromatic rings. The van der Waals surface area contributed by atoms with E-state index in [1.54, 1.807) is 0 Å². The third kappa shape index (κ3) is 3.81. The van der Waals surface area contributed by atoms with E-state index in [-0.39, 0.29) is 0 Å². The Balaban J connectivity index is 0.000000531. The standard InChI is InChI=1S/C12H11N.H4N2/c1-3-7-11(8-4-1)13-12-9-5-2-6-10-12;1-2/h1-10,13H;1-2H2. The van der Waals surface area contributed by atoms with Gasteiger partial charge in [0.25, 0.3) is 0 Å². The van der Waals surface area contributed by atoms with Gasteiger partial charge in [-0.15, -0.1) is 0 Å². The molecule has 0 radical (unpaired) electrons. The SMILES string of the molecule is NN.c1ccc(Nc2ccccc2)cc1. The molecule has 15 heavy (non-hydrogen) atoms. The number of para-hydroxylation sites is 2. The molecular weight excluding hydrogens is 186 g/mol. The second-order valence-electron chi connectivity index (χ2n) is 2.86. The van der Waals surface area contributed by atoms with Crippen LogP contribution in [0.5, 0.6) is 0 Å². The summed E-state index contributed by atoms with van der Waals surface area (Å²) in [7, 11) is 0. The topological polar surface area (TPSA) is 64.1 Å². The van der Waals surface area contributed by atoms with Gasteiger partial charge in [0, 0.05) is 11.4 Å². The molecule has 0 heterocycles. The highest BCUT2D eigenvalue weighted by Crippen LogP contribution is 2.14. The summed E-state index contributed by atoms with van der Waals surface area (Å²) in [5, 5.41) is 3.30. The van der Waals surface area contributed by atoms with Gasteiger partial charge in [-0.25, -0.2) is 0 Å². The zero-order valence-electron chi connectivity index (χ0n) is 8.43. The first-order valence-electron chi connectivity index (χ1n) is 4.65. The normalized spacial score (nSPS) is 8.67. The number of benzene rings is 2. The Morgan fingerprint density at radius 2 is 0.933 bits per heavy atom. The molecule has 0 fully saturated rings. The number of hydrogen-bond donors (Lipinski definition) is 3. The number of anilines is 2. The summed E-state index contributed by atoms with van der Waals surface area (Å²) in [4.78, 5) is 0. The fourth-order valence-electron chi connectivity index (χ4n) is 1.21. The molecule has 0 saturated carbocycles. The first kappa shape index (κ1) is 11.2. The lowest BCUT2D eigenvalue weighted by Gasteiger charge is -2.04. The molecule has 2 rings (SSSR count). The van der Waals surface area contributed by atoms with E-state index in [0.29, 0.717) is 0 Å². The molecule has 2 aromatic carbocycles. The van der Waals surface area contributed by atoms with Crippen molar-refractivity contribution in [3.05, 3.63) is 60.7 Å². The highest BCUT2D eigenvalue weighted by Gasteiger charge is 1.89. The Morgan fingerprint density at radius 1 is 0.600 bits per heavy atom. The summed E-state index contributed by atoms with van der Waals surface area (Å²) < 4.78 is 0. The second-order valence-corrected chi connectivity index (χ2v) is 2.86. The third-order valence-corrected chi connectivity index (χ3v) is 1.84. The zero-order valence-corrected chi connectivity index (χ0v) is 8.43. The lowest BCUT2D eigenvalue weighted by atomic mass is 10.3. The Labute approximate surface area is 89.7 Å². The molecule has 5 N–H and O–H groups in total. The van der Waals surface area contributed by atoms with Crippen LogP contribution >= 0.6 is 0 Å². The van der Waals surface area contributed by atoms with E-state index in [1.807, 2.05) is 60.7 Å². The van der Waals surface area contributed by atoms with E-state index < -0.39 is 0 Å². The third-order valence-electron chi connectivity index (χ3n) is 1.84. The maximum atomic E-state index is 4.00. The van der Waals surface area contributed by atoms with Crippen LogP contribution < -0.4 is 17.0 Å². The molecule has 3 heteroatoms. The minimum absolute atomic E-state index is 1.12. The average Bonchev–Trinajstić information content (AvgIpc) is 2.34. The van der Waals surface area contributed by atoms with Gasteiger partial charge in [0.15, 0.2) is 0 Å². The molecule has 0 amide bonds. The van der Waals surface area contributed by atoms with Crippen molar-refractivity contribution in [3.8, 4) is 0 Å². The number of rotatable bonds is 2. The van der Waals surface area contributed by atoms with Gasteiger partial charge >= 0.3 is 0 Å². The smallest absolute Gasteiger partial charge is 0.0384 e. The van der Waals surface area contributed by atoms with Crippen LogP contribution in [0.4, 0.5) is 11.4 Å². The minimum Gasteiger partial charge on any atom is -0.356 e. The first-order valence-corrected chi connectivity index (χ1v) is 4.65. The molecule has 0 unspecified atom stereocenters. The monoisotopic (exact) mass is 201 g/mol. The van der Waals surface area contributed by atoms with Crippen molar-refractivity contribution in [3.63, 3.8) is 0 Å². The molecule has 0 aromatic heterocycles. The van der Waals surface area contributed by atoms with E-state index in [9.17, 15) is 0 Å². The van der Waals surface area contributed by atoms with E-state index in [4.69, 9.17) is 0 Å². The van der Waals surface area contributed by atoms with Crippen LogP contribution in [0.2, 0.25) is 0 Å². The summed E-state index contributed by atoms with van der Waals surface area (Å²) in [6.45, 7) is 0. The summed E-state index contributed by atoms with van der Waals surface area (Å²) in [5.74, 6) is 8.00. The van der Waals surface area contributed by atoms with Crippen molar-refractivity contribution < 1.29 is 0 Å². The lowest BCUT2D eigenvalue weighted by Crippen LogP contribution is -2.02. The quantitative estimate of drug-likeness (QED) is 0.515. The summed E-state index contributed by atoms with van der Waals surface area (Å²) in [6, 6.07) is 20.3. The molecule has 0 aliphatic carbocycles. The molecule has 78 valence electrons. The Hall–Kier alpha value is -1.84. The maximum absolute atomic E-state index is 4.00. The summed E-state index contributed by atoms with van der Waals surface area (Å²) in [5.41, 5.74) is 2.24. The van der Waals surface area contributed by atoms with Gasteiger partial charge in [-0.1, -0.05) is 36.4 Å². The van der Waals surface area contributed by atoms with E-state index in [1.165, 1.54) is 0 Å². The van der Waals surface area contributed by atoms with Crippen molar-refractivity contribution in [2.45, 2.75) is 0 Å². The molecule has 0 saturated heterocycles. The van der Waals surface area contributed by atoms with E-state index >= 15 is 0 Å². The largest absolute Gasteiger partial charge is 0.356 e. The van der Waals surface area contributed by atoms with Crippen LogP contribution in [0.25, 0.3) is 0 Å². The Kier molecular flexibility index (Phi) is 4.94. The van der Waals surface area contributed by atoms with E-state index in [2.05, 4.69) is 17.0 Å². The van der Waals surface area contributed by atoms with Crippen molar-refractivity contribution in [1.29, 1.82) is 0 Å². The summed E-state index contributed by atoms with van der Waals surface area (Å²) in [6.07, 6.45) is 0. The highest BCUT2D eigenvalue weighted by molar-refractivity contribution is 5.58. The number of nitrogens with one attached hydrogen (secondary N) is 1. The van der Waals surface area contributed by atoms with Crippen molar-refractivity contribution in [1.82, 2.24) is 0 Å². The van der Waals surface area contributed by atoms with Crippen LogP contribution in [0, 0.1) is 0 Å². The molecule has 0 aliphatic heterocycles. The molecule has 0 bridgehead atoms. The van der Waals surface area contributed by atoms with E-state index in [0.717, 1.165) is 11.4 Å². The van der Waals surface area contributed by atoms with Gasteiger partial charge in [0.2, 0.25) is 0 Å². The van der Waals surface area contributed by atoms with Gasteiger partial charge in [0.1, 0.15) is 0 Å². The number of hydrogen-bond acceptors (Lipinski definition) is 3. The zero-order chi connectivity index (χ0) is 10.9. The van der Waals surface area contributed by atoms with Crippen molar-refractivity contribution in [2.75, 3.05) is 5.32 Å². The second kappa shape index (κ2) is 6.59. The molecular formula is C12H15N3. The highest BCUT2D eigenvalue weighted by atomic mass is 15.0. The average molecular weight is 201 g/mol. The first-order chi connectivity index (χ1) is 7.45. The predicted octanol–water partition coefficient (Wildman–Crippen LogP) is 2.25.